The zero-order valence-corrected chi connectivity index (χ0v) is 9.70. The topological polar surface area (TPSA) is 90.1 Å². The second-order valence-electron chi connectivity index (χ2n) is 3.86. The van der Waals surface area contributed by atoms with Gasteiger partial charge in [0, 0.05) is 18.3 Å². The fraction of sp³-hybridized carbons (Fsp3) is 0.0769. The third-order valence-electron chi connectivity index (χ3n) is 2.75. The second kappa shape index (κ2) is 4.25. The minimum absolute atomic E-state index is 0.643. The Labute approximate surface area is 100 Å². The highest BCUT2D eigenvalue weighted by Gasteiger charge is 2.09. The molecule has 0 spiro atoms. The van der Waals surface area contributed by atoms with E-state index in [0.717, 1.165) is 22.5 Å². The van der Waals surface area contributed by atoms with E-state index in [4.69, 9.17) is 17.2 Å². The van der Waals surface area contributed by atoms with Crippen LogP contribution in [0.25, 0.3) is 11.1 Å². The lowest BCUT2D eigenvalue weighted by Crippen LogP contribution is -2.02. The van der Waals surface area contributed by atoms with Crippen molar-refractivity contribution in [3.05, 3.63) is 36.4 Å². The van der Waals surface area contributed by atoms with Gasteiger partial charge in [-0.2, -0.15) is 0 Å². The molecule has 0 atom stereocenters. The third-order valence-corrected chi connectivity index (χ3v) is 2.75. The van der Waals surface area contributed by atoms with E-state index in [1.54, 1.807) is 7.05 Å². The molecule has 0 heterocycles. The van der Waals surface area contributed by atoms with Crippen molar-refractivity contribution in [3.8, 4) is 11.1 Å². The monoisotopic (exact) mass is 228 g/mol. The predicted octanol–water partition coefficient (Wildman–Crippen LogP) is 2.14. The fourth-order valence-electron chi connectivity index (χ4n) is 1.83. The van der Waals surface area contributed by atoms with Gasteiger partial charge in [0.1, 0.15) is 0 Å². The molecule has 2 rings (SSSR count). The van der Waals surface area contributed by atoms with Crippen LogP contribution in [-0.4, -0.2) is 7.05 Å². The molecule has 0 amide bonds. The summed E-state index contributed by atoms with van der Waals surface area (Å²) in [5.41, 5.74) is 22.3. The van der Waals surface area contributed by atoms with Gasteiger partial charge in [0.2, 0.25) is 0 Å². The van der Waals surface area contributed by atoms with Crippen LogP contribution in [0.1, 0.15) is 0 Å². The fourth-order valence-corrected chi connectivity index (χ4v) is 1.83. The first-order chi connectivity index (χ1) is 8.13. The lowest BCUT2D eigenvalue weighted by Gasteiger charge is -2.13. The molecule has 2 aromatic carbocycles. The van der Waals surface area contributed by atoms with Crippen molar-refractivity contribution in [2.45, 2.75) is 0 Å². The van der Waals surface area contributed by atoms with Gasteiger partial charge in [-0.1, -0.05) is 18.2 Å². The molecule has 0 aliphatic heterocycles. The minimum atomic E-state index is 0.643. The van der Waals surface area contributed by atoms with Gasteiger partial charge in [-0.25, -0.2) is 0 Å². The van der Waals surface area contributed by atoms with Gasteiger partial charge in [-0.15, -0.1) is 0 Å². The molecule has 0 saturated heterocycles. The zero-order valence-electron chi connectivity index (χ0n) is 9.70. The molecule has 0 bridgehead atoms. The maximum absolute atomic E-state index is 6.09. The molecule has 4 heteroatoms. The average Bonchev–Trinajstić information content (AvgIpc) is 2.31. The summed E-state index contributed by atoms with van der Waals surface area (Å²) in [6.07, 6.45) is 0. The van der Waals surface area contributed by atoms with Gasteiger partial charge in [-0.3, -0.25) is 0 Å². The summed E-state index contributed by atoms with van der Waals surface area (Å²) in [4.78, 5) is 0. The van der Waals surface area contributed by atoms with Crippen LogP contribution in [0.3, 0.4) is 0 Å². The van der Waals surface area contributed by atoms with E-state index >= 15 is 0 Å². The van der Waals surface area contributed by atoms with Crippen molar-refractivity contribution in [1.29, 1.82) is 0 Å². The summed E-state index contributed by atoms with van der Waals surface area (Å²) < 4.78 is 0. The molecule has 0 fully saturated rings. The number of benzene rings is 2. The van der Waals surface area contributed by atoms with Crippen molar-refractivity contribution in [2.24, 2.45) is 0 Å². The SMILES string of the molecule is CNc1c(N)ccc(-c2ccc(N)cc2)c1N. The molecule has 0 aliphatic rings. The van der Waals surface area contributed by atoms with Gasteiger partial charge in [-0.05, 0) is 23.8 Å². The Bertz CT molecular complexity index is 532. The van der Waals surface area contributed by atoms with Crippen molar-refractivity contribution in [1.82, 2.24) is 0 Å². The number of nitrogen functional groups attached to an aromatic ring is 3. The molecule has 4 nitrogen and oxygen atoms in total. The summed E-state index contributed by atoms with van der Waals surface area (Å²) in [6.45, 7) is 0. The first-order valence-corrected chi connectivity index (χ1v) is 5.35. The van der Waals surface area contributed by atoms with Crippen LogP contribution in [-0.2, 0) is 0 Å². The Morgan fingerprint density at radius 1 is 0.882 bits per heavy atom. The number of hydrogen-bond donors (Lipinski definition) is 4. The second-order valence-corrected chi connectivity index (χ2v) is 3.86. The van der Waals surface area contributed by atoms with Crippen LogP contribution in [0.15, 0.2) is 36.4 Å². The Morgan fingerprint density at radius 2 is 1.53 bits per heavy atom. The van der Waals surface area contributed by atoms with Gasteiger partial charge in [0.25, 0.3) is 0 Å². The van der Waals surface area contributed by atoms with Gasteiger partial charge >= 0.3 is 0 Å². The molecule has 0 aliphatic carbocycles. The molecule has 2 aromatic rings. The minimum Gasteiger partial charge on any atom is -0.399 e. The molecular formula is C13H16N4. The molecule has 0 saturated carbocycles. The van der Waals surface area contributed by atoms with Crippen LogP contribution in [0, 0.1) is 0 Å². The Balaban J connectivity index is 2.56. The van der Waals surface area contributed by atoms with Gasteiger partial charge < -0.3 is 22.5 Å². The van der Waals surface area contributed by atoms with Crippen LogP contribution in [0.4, 0.5) is 22.7 Å². The van der Waals surface area contributed by atoms with Crippen LogP contribution < -0.4 is 22.5 Å². The normalized spacial score (nSPS) is 10.2. The van der Waals surface area contributed by atoms with Gasteiger partial charge in [0.05, 0.1) is 17.1 Å². The first-order valence-electron chi connectivity index (χ1n) is 5.35. The Morgan fingerprint density at radius 3 is 2.12 bits per heavy atom. The van der Waals surface area contributed by atoms with Crippen LogP contribution in [0.2, 0.25) is 0 Å². The predicted molar refractivity (Wildman–Crippen MR) is 74.7 cm³/mol. The van der Waals surface area contributed by atoms with Gasteiger partial charge in [0.15, 0.2) is 0 Å². The highest BCUT2D eigenvalue weighted by Crippen LogP contribution is 2.35. The lowest BCUT2D eigenvalue weighted by atomic mass is 10.0. The molecule has 7 N–H and O–H groups in total. The highest BCUT2D eigenvalue weighted by atomic mass is 14.9. The number of hydrogen-bond acceptors (Lipinski definition) is 4. The summed E-state index contributed by atoms with van der Waals surface area (Å²) in [5, 5.41) is 3.01. The third kappa shape index (κ3) is 1.97. The van der Waals surface area contributed by atoms with Crippen LogP contribution in [0.5, 0.6) is 0 Å². The van der Waals surface area contributed by atoms with E-state index in [-0.39, 0.29) is 0 Å². The van der Waals surface area contributed by atoms with E-state index < -0.39 is 0 Å². The van der Waals surface area contributed by atoms with E-state index in [2.05, 4.69) is 5.32 Å². The highest BCUT2D eigenvalue weighted by molar-refractivity contribution is 5.91. The zero-order chi connectivity index (χ0) is 12.4. The van der Waals surface area contributed by atoms with Crippen molar-refractivity contribution in [3.63, 3.8) is 0 Å². The summed E-state index contributed by atoms with van der Waals surface area (Å²) in [5.74, 6) is 0. The Hall–Kier alpha value is -2.36. The summed E-state index contributed by atoms with van der Waals surface area (Å²) in [6, 6.07) is 11.3. The van der Waals surface area contributed by atoms with E-state index in [9.17, 15) is 0 Å². The van der Waals surface area contributed by atoms with Crippen LogP contribution >= 0.6 is 0 Å². The molecule has 88 valence electrons. The molecular weight excluding hydrogens is 212 g/mol. The lowest BCUT2D eigenvalue weighted by molar-refractivity contribution is 1.50. The first kappa shape index (κ1) is 11.1. The quantitative estimate of drug-likeness (QED) is 0.593. The maximum atomic E-state index is 6.09. The number of anilines is 4. The smallest absolute Gasteiger partial charge is 0.0811 e. The van der Waals surface area contributed by atoms with Crippen molar-refractivity contribution < 1.29 is 0 Å². The number of rotatable bonds is 2. The summed E-state index contributed by atoms with van der Waals surface area (Å²) in [7, 11) is 1.80. The molecule has 0 aromatic heterocycles. The molecule has 0 radical (unpaired) electrons. The van der Waals surface area contributed by atoms with Crippen molar-refractivity contribution in [2.75, 3.05) is 29.6 Å². The van der Waals surface area contributed by atoms with E-state index in [1.807, 2.05) is 36.4 Å². The number of nitrogens with one attached hydrogen (secondary N) is 1. The molecule has 17 heavy (non-hydrogen) atoms. The maximum Gasteiger partial charge on any atom is 0.0811 e. The van der Waals surface area contributed by atoms with E-state index in [1.165, 1.54) is 0 Å². The largest absolute Gasteiger partial charge is 0.399 e. The summed E-state index contributed by atoms with van der Waals surface area (Å²) >= 11 is 0. The Kier molecular flexibility index (Phi) is 2.78. The van der Waals surface area contributed by atoms with E-state index in [0.29, 0.717) is 11.4 Å². The number of nitrogens with two attached hydrogens (primary N) is 3. The standard InChI is InChI=1S/C13H16N4/c1-17-13-11(15)7-6-10(12(13)16)8-2-4-9(14)5-3-8/h2-7,17H,14-16H2,1H3. The average molecular weight is 228 g/mol. The molecule has 0 unspecified atom stereocenters. The van der Waals surface area contributed by atoms with Crippen molar-refractivity contribution >= 4 is 22.7 Å².